The quantitative estimate of drug-likeness (QED) is 0.824. The molecule has 0 saturated carbocycles. The van der Waals surface area contributed by atoms with E-state index < -0.39 is 17.8 Å². The normalized spacial score (nSPS) is 16.1. The number of methoxy groups -OCH3 is 2. The summed E-state index contributed by atoms with van der Waals surface area (Å²) < 4.78 is 24.0. The molecule has 2 aromatic rings. The fourth-order valence-corrected chi connectivity index (χ4v) is 3.26. The molecule has 1 aliphatic heterocycles. The third-order valence-electron chi connectivity index (χ3n) is 4.62. The summed E-state index contributed by atoms with van der Waals surface area (Å²) >= 11 is 0. The maximum Gasteiger partial charge on any atom is 0.337 e. The van der Waals surface area contributed by atoms with E-state index in [1.54, 1.807) is 12.0 Å². The van der Waals surface area contributed by atoms with Gasteiger partial charge in [0.1, 0.15) is 11.6 Å². The number of halogens is 1. The van der Waals surface area contributed by atoms with Crippen LogP contribution >= 0.6 is 0 Å². The van der Waals surface area contributed by atoms with Crippen LogP contribution in [0.2, 0.25) is 0 Å². The highest BCUT2D eigenvalue weighted by atomic mass is 19.1. The number of urea groups is 1. The van der Waals surface area contributed by atoms with Crippen LogP contribution in [-0.2, 0) is 4.74 Å². The fourth-order valence-electron chi connectivity index (χ4n) is 3.26. The Morgan fingerprint density at radius 1 is 1.19 bits per heavy atom. The Morgan fingerprint density at radius 2 is 2.00 bits per heavy atom. The fraction of sp³-hybridized carbons (Fsp3) is 0.300. The van der Waals surface area contributed by atoms with Crippen molar-refractivity contribution in [3.8, 4) is 5.75 Å². The van der Waals surface area contributed by atoms with Crippen molar-refractivity contribution in [1.29, 1.82) is 0 Å². The second kappa shape index (κ2) is 8.07. The largest absolute Gasteiger partial charge is 0.497 e. The Morgan fingerprint density at radius 3 is 2.74 bits per heavy atom. The van der Waals surface area contributed by atoms with E-state index in [0.29, 0.717) is 6.54 Å². The lowest BCUT2D eigenvalue weighted by molar-refractivity contribution is 0.0600. The minimum absolute atomic E-state index is 0.0563. The van der Waals surface area contributed by atoms with Crippen LogP contribution in [0.15, 0.2) is 42.5 Å². The summed E-state index contributed by atoms with van der Waals surface area (Å²) in [7, 11) is 2.84. The van der Waals surface area contributed by atoms with E-state index in [0.717, 1.165) is 30.2 Å². The average Bonchev–Trinajstić information content (AvgIpc) is 3.19. The Kier molecular flexibility index (Phi) is 5.59. The third-order valence-corrected chi connectivity index (χ3v) is 4.62. The molecule has 0 bridgehead atoms. The summed E-state index contributed by atoms with van der Waals surface area (Å²) in [5.41, 5.74) is 1.07. The lowest BCUT2D eigenvalue weighted by Gasteiger charge is -2.25. The van der Waals surface area contributed by atoms with Crippen molar-refractivity contribution in [2.24, 2.45) is 0 Å². The maximum absolute atomic E-state index is 14.1. The minimum atomic E-state index is -0.617. The van der Waals surface area contributed by atoms with Gasteiger partial charge in [-0.2, -0.15) is 0 Å². The number of rotatable bonds is 4. The van der Waals surface area contributed by atoms with Crippen LogP contribution in [0, 0.1) is 5.82 Å². The standard InChI is InChI=1S/C20H21FN2O4/c1-26-15-6-3-5-13(11-15)18-7-4-10-23(18)20(25)22-17-12-14(19(24)27-2)8-9-16(17)21/h3,5-6,8-9,11-12,18H,4,7,10H2,1-2H3,(H,22,25)/t18-/m1/s1. The van der Waals surface area contributed by atoms with Gasteiger partial charge >= 0.3 is 12.0 Å². The number of benzene rings is 2. The number of amides is 2. The predicted octanol–water partition coefficient (Wildman–Crippen LogP) is 3.99. The van der Waals surface area contributed by atoms with Crippen LogP contribution in [0.1, 0.15) is 34.8 Å². The van der Waals surface area contributed by atoms with E-state index in [9.17, 15) is 14.0 Å². The van der Waals surface area contributed by atoms with Crippen LogP contribution in [0.25, 0.3) is 0 Å². The van der Waals surface area contributed by atoms with Gasteiger partial charge in [0.25, 0.3) is 0 Å². The van der Waals surface area contributed by atoms with E-state index in [1.165, 1.54) is 19.2 Å². The van der Waals surface area contributed by atoms with Crippen LogP contribution in [0.5, 0.6) is 5.75 Å². The Bertz CT molecular complexity index is 856. The molecule has 27 heavy (non-hydrogen) atoms. The van der Waals surface area contributed by atoms with Crippen LogP contribution in [0.3, 0.4) is 0 Å². The number of carbonyl (C=O) groups excluding carboxylic acids is 2. The minimum Gasteiger partial charge on any atom is -0.497 e. The van der Waals surface area contributed by atoms with Gasteiger partial charge in [0.05, 0.1) is 31.5 Å². The number of anilines is 1. The number of likely N-dealkylation sites (tertiary alicyclic amines) is 1. The van der Waals surface area contributed by atoms with Gasteiger partial charge in [-0.15, -0.1) is 0 Å². The van der Waals surface area contributed by atoms with Gasteiger partial charge in [0.15, 0.2) is 0 Å². The number of nitrogens with zero attached hydrogens (tertiary/aromatic N) is 1. The first-order chi connectivity index (χ1) is 13.0. The first kappa shape index (κ1) is 18.7. The Hall–Kier alpha value is -3.09. The molecular formula is C20H21FN2O4. The summed E-state index contributed by atoms with van der Waals surface area (Å²) in [6, 6.07) is 10.7. The van der Waals surface area contributed by atoms with Gasteiger partial charge in [0.2, 0.25) is 0 Å². The van der Waals surface area contributed by atoms with Gasteiger partial charge in [-0.3, -0.25) is 0 Å². The van der Waals surface area contributed by atoms with Gasteiger partial charge in [-0.05, 0) is 48.7 Å². The molecule has 6 nitrogen and oxygen atoms in total. The zero-order chi connectivity index (χ0) is 19.4. The molecule has 0 unspecified atom stereocenters. The van der Waals surface area contributed by atoms with Crippen molar-refractivity contribution in [2.45, 2.75) is 18.9 Å². The molecule has 3 rings (SSSR count). The first-order valence-corrected chi connectivity index (χ1v) is 8.63. The smallest absolute Gasteiger partial charge is 0.337 e. The Labute approximate surface area is 156 Å². The van der Waals surface area contributed by atoms with Crippen molar-refractivity contribution < 1.29 is 23.5 Å². The second-order valence-electron chi connectivity index (χ2n) is 6.24. The van der Waals surface area contributed by atoms with E-state index in [-0.39, 0.29) is 17.3 Å². The lowest BCUT2D eigenvalue weighted by Crippen LogP contribution is -2.34. The van der Waals surface area contributed by atoms with Crippen molar-refractivity contribution in [1.82, 2.24) is 4.90 Å². The van der Waals surface area contributed by atoms with Gasteiger partial charge < -0.3 is 19.7 Å². The zero-order valence-electron chi connectivity index (χ0n) is 15.2. The first-order valence-electron chi connectivity index (χ1n) is 8.63. The predicted molar refractivity (Wildman–Crippen MR) is 98.4 cm³/mol. The summed E-state index contributed by atoms with van der Waals surface area (Å²) in [6.07, 6.45) is 1.66. The van der Waals surface area contributed by atoms with Crippen LogP contribution < -0.4 is 10.1 Å². The monoisotopic (exact) mass is 372 g/mol. The average molecular weight is 372 g/mol. The summed E-state index contributed by atoms with van der Waals surface area (Å²) in [5, 5.41) is 2.57. The number of hydrogen-bond donors (Lipinski definition) is 1. The summed E-state index contributed by atoms with van der Waals surface area (Å²) in [5.74, 6) is -0.495. The second-order valence-corrected chi connectivity index (χ2v) is 6.24. The molecule has 7 heteroatoms. The topological polar surface area (TPSA) is 67.9 Å². The number of carbonyl (C=O) groups is 2. The van der Waals surface area contributed by atoms with E-state index in [2.05, 4.69) is 10.1 Å². The number of nitrogens with one attached hydrogen (secondary N) is 1. The molecule has 1 aliphatic rings. The zero-order valence-corrected chi connectivity index (χ0v) is 15.2. The lowest BCUT2D eigenvalue weighted by atomic mass is 10.0. The van der Waals surface area contributed by atoms with E-state index in [1.807, 2.05) is 24.3 Å². The van der Waals surface area contributed by atoms with Crippen LogP contribution in [0.4, 0.5) is 14.9 Å². The summed E-state index contributed by atoms with van der Waals surface area (Å²) in [4.78, 5) is 26.1. The molecule has 1 heterocycles. The highest BCUT2D eigenvalue weighted by molar-refractivity contribution is 5.94. The van der Waals surface area contributed by atoms with Crippen molar-refractivity contribution >= 4 is 17.7 Å². The molecule has 1 atom stereocenters. The molecular weight excluding hydrogens is 351 g/mol. The van der Waals surface area contributed by atoms with Gasteiger partial charge in [-0.25, -0.2) is 14.0 Å². The molecule has 1 fully saturated rings. The highest BCUT2D eigenvalue weighted by Crippen LogP contribution is 2.34. The summed E-state index contributed by atoms with van der Waals surface area (Å²) in [6.45, 7) is 0.562. The van der Waals surface area contributed by atoms with Crippen LogP contribution in [-0.4, -0.2) is 37.7 Å². The molecule has 0 spiro atoms. The maximum atomic E-state index is 14.1. The highest BCUT2D eigenvalue weighted by Gasteiger charge is 2.30. The molecule has 2 aromatic carbocycles. The molecule has 0 aromatic heterocycles. The molecule has 142 valence electrons. The molecule has 0 aliphatic carbocycles. The van der Waals surface area contributed by atoms with Crippen molar-refractivity contribution in [3.05, 3.63) is 59.4 Å². The van der Waals surface area contributed by atoms with Gasteiger partial charge in [-0.1, -0.05) is 12.1 Å². The van der Waals surface area contributed by atoms with Gasteiger partial charge in [0, 0.05) is 6.54 Å². The van der Waals surface area contributed by atoms with E-state index in [4.69, 9.17) is 4.74 Å². The third kappa shape index (κ3) is 4.02. The number of hydrogen-bond acceptors (Lipinski definition) is 4. The molecule has 1 saturated heterocycles. The Balaban J connectivity index is 1.80. The SMILES string of the molecule is COC(=O)c1ccc(F)c(NC(=O)N2CCC[C@@H]2c2cccc(OC)c2)c1. The number of ether oxygens (including phenoxy) is 2. The molecule has 0 radical (unpaired) electrons. The molecule has 1 N–H and O–H groups in total. The molecule has 2 amide bonds. The van der Waals surface area contributed by atoms with E-state index >= 15 is 0 Å². The number of esters is 1. The van der Waals surface area contributed by atoms with Crippen molar-refractivity contribution in [2.75, 3.05) is 26.1 Å². The van der Waals surface area contributed by atoms with Crippen molar-refractivity contribution in [3.63, 3.8) is 0 Å².